The normalized spacial score (nSPS) is 10.1. The lowest BCUT2D eigenvalue weighted by Crippen LogP contribution is -1.86. The minimum absolute atomic E-state index is 0.184. The highest BCUT2D eigenvalue weighted by atomic mass is 19.1. The van der Waals surface area contributed by atoms with Crippen molar-refractivity contribution in [3.63, 3.8) is 0 Å². The summed E-state index contributed by atoms with van der Waals surface area (Å²) in [5, 5.41) is 0. The van der Waals surface area contributed by atoms with Crippen molar-refractivity contribution >= 4 is 5.57 Å². The van der Waals surface area contributed by atoms with Crippen LogP contribution in [0, 0.1) is 12.7 Å². The van der Waals surface area contributed by atoms with Gasteiger partial charge in [0.25, 0.3) is 0 Å². The van der Waals surface area contributed by atoms with Crippen molar-refractivity contribution in [1.29, 1.82) is 0 Å². The molecule has 0 aliphatic heterocycles. The maximum absolute atomic E-state index is 13.0. The average molecular weight is 218 g/mol. The second-order valence-corrected chi connectivity index (χ2v) is 3.03. The van der Waals surface area contributed by atoms with Crippen LogP contribution >= 0.6 is 0 Å². The number of allylic oxidation sites excluding steroid dienone is 4. The van der Waals surface area contributed by atoms with Crippen LogP contribution in [-0.2, 0) is 0 Å². The van der Waals surface area contributed by atoms with Gasteiger partial charge in [-0.15, -0.1) is 0 Å². The zero-order valence-electron chi connectivity index (χ0n) is 10.3. The first-order valence-electron chi connectivity index (χ1n) is 5.40. The van der Waals surface area contributed by atoms with Gasteiger partial charge in [-0.25, -0.2) is 4.39 Å². The molecule has 0 aliphatic carbocycles. The quantitative estimate of drug-likeness (QED) is 0.632. The van der Waals surface area contributed by atoms with E-state index in [1.807, 2.05) is 19.9 Å². The summed E-state index contributed by atoms with van der Waals surface area (Å²) < 4.78 is 13.0. The highest BCUT2D eigenvalue weighted by molar-refractivity contribution is 5.74. The second kappa shape index (κ2) is 7.63. The van der Waals surface area contributed by atoms with Gasteiger partial charge in [0.15, 0.2) is 0 Å². The van der Waals surface area contributed by atoms with E-state index in [1.165, 1.54) is 6.07 Å². The Hall–Kier alpha value is -1.63. The Kier molecular flexibility index (Phi) is 6.86. The van der Waals surface area contributed by atoms with Crippen molar-refractivity contribution < 1.29 is 4.39 Å². The van der Waals surface area contributed by atoms with Crippen LogP contribution in [0.25, 0.3) is 5.57 Å². The third kappa shape index (κ3) is 3.85. The molecule has 0 bridgehead atoms. The molecule has 0 nitrogen and oxygen atoms in total. The van der Waals surface area contributed by atoms with Crippen LogP contribution in [0.1, 0.15) is 25.0 Å². The van der Waals surface area contributed by atoms with Gasteiger partial charge < -0.3 is 0 Å². The van der Waals surface area contributed by atoms with Crippen molar-refractivity contribution in [3.8, 4) is 0 Å². The Labute approximate surface area is 97.8 Å². The molecule has 0 N–H and O–H groups in total. The summed E-state index contributed by atoms with van der Waals surface area (Å²) in [7, 11) is 0. The highest BCUT2D eigenvalue weighted by Crippen LogP contribution is 2.18. The van der Waals surface area contributed by atoms with Crippen LogP contribution in [0.15, 0.2) is 49.6 Å². The van der Waals surface area contributed by atoms with E-state index in [0.29, 0.717) is 5.56 Å². The molecule has 0 aromatic heterocycles. The minimum atomic E-state index is -0.184. The Bertz CT molecular complexity index is 386. The van der Waals surface area contributed by atoms with E-state index in [-0.39, 0.29) is 5.82 Å². The van der Waals surface area contributed by atoms with Crippen molar-refractivity contribution in [1.82, 2.24) is 0 Å². The van der Waals surface area contributed by atoms with E-state index >= 15 is 0 Å². The number of hydrogen-bond donors (Lipinski definition) is 0. The first-order valence-corrected chi connectivity index (χ1v) is 5.40. The van der Waals surface area contributed by atoms with Gasteiger partial charge in [0.1, 0.15) is 5.82 Å². The Balaban J connectivity index is 0.00000106. The molecule has 0 amide bonds. The van der Waals surface area contributed by atoms with Gasteiger partial charge in [-0.1, -0.05) is 51.3 Å². The summed E-state index contributed by atoms with van der Waals surface area (Å²) in [6.45, 7) is 13.1. The fourth-order valence-corrected chi connectivity index (χ4v) is 1.23. The molecule has 1 aromatic carbocycles. The first kappa shape index (κ1) is 14.4. The molecule has 0 aliphatic rings. The lowest BCUT2D eigenvalue weighted by Gasteiger charge is -2.03. The second-order valence-electron chi connectivity index (χ2n) is 3.03. The van der Waals surface area contributed by atoms with Gasteiger partial charge in [-0.05, 0) is 35.8 Å². The molecule has 0 heterocycles. The standard InChI is InChI=1S/C13H13F.C2H6/c1-4-6-11(5-2)12-7-8-13(14)10(3)9-12;1-2/h4-9H,1-2H2,3H3;1-2H3/b11-6+;. The maximum Gasteiger partial charge on any atom is 0.126 e. The smallest absolute Gasteiger partial charge is 0.126 e. The molecule has 1 rings (SSSR count). The first-order chi connectivity index (χ1) is 7.69. The molecule has 86 valence electrons. The third-order valence-corrected chi connectivity index (χ3v) is 2.01. The molecule has 0 fully saturated rings. The van der Waals surface area contributed by atoms with E-state index in [2.05, 4.69) is 13.2 Å². The van der Waals surface area contributed by atoms with Gasteiger partial charge in [-0.3, -0.25) is 0 Å². The number of halogens is 1. The molecule has 0 atom stereocenters. The molecular formula is C15H19F. The van der Waals surface area contributed by atoms with Crippen molar-refractivity contribution in [3.05, 3.63) is 66.5 Å². The van der Waals surface area contributed by atoms with Crippen LogP contribution in [-0.4, -0.2) is 0 Å². The van der Waals surface area contributed by atoms with Gasteiger partial charge >= 0.3 is 0 Å². The fraction of sp³-hybridized carbons (Fsp3) is 0.200. The topological polar surface area (TPSA) is 0 Å². The molecule has 1 heteroatoms. The predicted molar refractivity (Wildman–Crippen MR) is 70.9 cm³/mol. The number of aryl methyl sites for hydroxylation is 1. The molecule has 0 saturated carbocycles. The van der Waals surface area contributed by atoms with E-state index in [1.54, 1.807) is 31.2 Å². The lowest BCUT2D eigenvalue weighted by molar-refractivity contribution is 0.618. The Morgan fingerprint density at radius 1 is 1.25 bits per heavy atom. The Morgan fingerprint density at radius 3 is 2.31 bits per heavy atom. The van der Waals surface area contributed by atoms with Crippen LogP contribution in [0.2, 0.25) is 0 Å². The molecule has 0 saturated heterocycles. The van der Waals surface area contributed by atoms with E-state index in [4.69, 9.17) is 0 Å². The van der Waals surface area contributed by atoms with Crippen LogP contribution in [0.4, 0.5) is 4.39 Å². The van der Waals surface area contributed by atoms with Gasteiger partial charge in [0, 0.05) is 0 Å². The van der Waals surface area contributed by atoms with Crippen molar-refractivity contribution in [2.75, 3.05) is 0 Å². The minimum Gasteiger partial charge on any atom is -0.207 e. The molecule has 1 aromatic rings. The molecular weight excluding hydrogens is 199 g/mol. The van der Waals surface area contributed by atoms with E-state index < -0.39 is 0 Å². The van der Waals surface area contributed by atoms with Crippen molar-refractivity contribution in [2.45, 2.75) is 20.8 Å². The molecule has 0 spiro atoms. The number of hydrogen-bond acceptors (Lipinski definition) is 0. The van der Waals surface area contributed by atoms with Gasteiger partial charge in [0.05, 0.1) is 0 Å². The Morgan fingerprint density at radius 2 is 1.88 bits per heavy atom. The summed E-state index contributed by atoms with van der Waals surface area (Å²) in [6, 6.07) is 5.00. The third-order valence-electron chi connectivity index (χ3n) is 2.01. The SMILES string of the molecule is C=C/C=C(\C=C)c1ccc(F)c(C)c1.CC. The maximum atomic E-state index is 13.0. The van der Waals surface area contributed by atoms with Crippen molar-refractivity contribution in [2.24, 2.45) is 0 Å². The molecule has 0 unspecified atom stereocenters. The summed E-state index contributed by atoms with van der Waals surface area (Å²) in [4.78, 5) is 0. The van der Waals surface area contributed by atoms with Crippen LogP contribution in [0.5, 0.6) is 0 Å². The predicted octanol–water partition coefficient (Wildman–Crippen LogP) is 4.92. The summed E-state index contributed by atoms with van der Waals surface area (Å²) in [6.07, 6.45) is 5.27. The number of benzene rings is 1. The summed E-state index contributed by atoms with van der Waals surface area (Å²) in [5.41, 5.74) is 2.54. The molecule has 0 radical (unpaired) electrons. The summed E-state index contributed by atoms with van der Waals surface area (Å²) >= 11 is 0. The largest absolute Gasteiger partial charge is 0.207 e. The highest BCUT2D eigenvalue weighted by Gasteiger charge is 2.00. The zero-order valence-corrected chi connectivity index (χ0v) is 10.3. The lowest BCUT2D eigenvalue weighted by atomic mass is 10.0. The van der Waals surface area contributed by atoms with Gasteiger partial charge in [0.2, 0.25) is 0 Å². The zero-order chi connectivity index (χ0) is 12.6. The fourth-order valence-electron chi connectivity index (χ4n) is 1.23. The molecule has 16 heavy (non-hydrogen) atoms. The van der Waals surface area contributed by atoms with Gasteiger partial charge in [-0.2, -0.15) is 0 Å². The average Bonchev–Trinajstić information content (AvgIpc) is 2.32. The summed E-state index contributed by atoms with van der Waals surface area (Å²) in [5.74, 6) is -0.184. The van der Waals surface area contributed by atoms with Crippen LogP contribution in [0.3, 0.4) is 0 Å². The van der Waals surface area contributed by atoms with E-state index in [9.17, 15) is 4.39 Å². The van der Waals surface area contributed by atoms with E-state index in [0.717, 1.165) is 11.1 Å². The van der Waals surface area contributed by atoms with Crippen LogP contribution < -0.4 is 0 Å². The number of rotatable bonds is 3. The monoisotopic (exact) mass is 218 g/mol.